The second kappa shape index (κ2) is 7.60. The van der Waals surface area contributed by atoms with Crippen LogP contribution >= 0.6 is 0 Å². The monoisotopic (exact) mass is 326 g/mol. The largest absolute Gasteiger partial charge is 0.352 e. The predicted molar refractivity (Wildman–Crippen MR) is 91.2 cm³/mol. The summed E-state index contributed by atoms with van der Waals surface area (Å²) in [7, 11) is -0.0831. The topological polar surface area (TPSA) is 82.6 Å². The number of nitrogens with zero attached hydrogens (tertiary/aromatic N) is 1. The number of hydrogen-bond acceptors (Lipinski definition) is 3. The van der Waals surface area contributed by atoms with Gasteiger partial charge in [-0.1, -0.05) is 24.3 Å². The molecule has 0 saturated carbocycles. The summed E-state index contributed by atoms with van der Waals surface area (Å²) >= 11 is 0. The highest BCUT2D eigenvalue weighted by Gasteiger charge is 2.12. The second-order valence-corrected chi connectivity index (χ2v) is 8.01. The van der Waals surface area contributed by atoms with Gasteiger partial charge in [-0.2, -0.15) is 0 Å². The molecule has 124 valence electrons. The van der Waals surface area contributed by atoms with Gasteiger partial charge in [-0.25, -0.2) is 13.1 Å². The van der Waals surface area contributed by atoms with Crippen molar-refractivity contribution in [1.29, 1.82) is 0 Å². The first-order valence-electron chi connectivity index (χ1n) is 7.13. The highest BCUT2D eigenvalue weighted by atomic mass is 32.2. The smallest absolute Gasteiger partial charge is 0.215 e. The Hall–Kier alpha value is -1.60. The van der Waals surface area contributed by atoms with Crippen molar-refractivity contribution in [3.05, 3.63) is 35.4 Å². The van der Waals surface area contributed by atoms with Crippen molar-refractivity contribution in [3.63, 3.8) is 0 Å². The zero-order chi connectivity index (χ0) is 16.8. The maximum absolute atomic E-state index is 11.5. The Morgan fingerprint density at radius 2 is 1.68 bits per heavy atom. The molecule has 0 atom stereocenters. The normalized spacial score (nSPS) is 13.0. The number of rotatable bonds is 5. The molecule has 7 heteroatoms. The molecular formula is C15H26N4O2S. The van der Waals surface area contributed by atoms with E-state index in [0.717, 1.165) is 17.1 Å². The van der Waals surface area contributed by atoms with Gasteiger partial charge in [-0.05, 0) is 38.9 Å². The summed E-state index contributed by atoms with van der Waals surface area (Å²) in [6, 6.07) is 7.48. The van der Waals surface area contributed by atoms with Crippen molar-refractivity contribution in [2.45, 2.75) is 38.6 Å². The van der Waals surface area contributed by atoms with E-state index in [1.165, 1.54) is 7.05 Å². The van der Waals surface area contributed by atoms with Crippen molar-refractivity contribution in [3.8, 4) is 0 Å². The first kappa shape index (κ1) is 18.4. The molecular weight excluding hydrogens is 300 g/mol. The Labute approximate surface area is 133 Å². The van der Waals surface area contributed by atoms with E-state index in [-0.39, 0.29) is 11.3 Å². The molecule has 0 aliphatic rings. The number of nitrogens with one attached hydrogen (secondary N) is 3. The van der Waals surface area contributed by atoms with Crippen LogP contribution in [0.2, 0.25) is 0 Å². The summed E-state index contributed by atoms with van der Waals surface area (Å²) in [5.41, 5.74) is 1.76. The SMILES string of the molecule is CN=C(NCc1ccc(CS(=O)(=O)NC)cc1)NC(C)(C)C. The standard InChI is InChI=1S/C15H26N4O2S/c1-15(2,3)19-14(16-4)18-10-12-6-8-13(9-7-12)11-22(20,21)17-5/h6-9,17H,10-11H2,1-5H3,(H2,16,18,19). The third kappa shape index (κ3) is 6.91. The van der Waals surface area contributed by atoms with Crippen LogP contribution in [0.5, 0.6) is 0 Å². The average Bonchev–Trinajstić information content (AvgIpc) is 2.43. The van der Waals surface area contributed by atoms with Gasteiger partial charge in [0.25, 0.3) is 0 Å². The van der Waals surface area contributed by atoms with E-state index in [1.54, 1.807) is 7.05 Å². The van der Waals surface area contributed by atoms with Crippen LogP contribution < -0.4 is 15.4 Å². The van der Waals surface area contributed by atoms with Gasteiger partial charge in [0, 0.05) is 19.1 Å². The fraction of sp³-hybridized carbons (Fsp3) is 0.533. The number of hydrogen-bond donors (Lipinski definition) is 3. The van der Waals surface area contributed by atoms with Crippen molar-refractivity contribution < 1.29 is 8.42 Å². The summed E-state index contributed by atoms with van der Waals surface area (Å²) in [4.78, 5) is 4.17. The molecule has 0 radical (unpaired) electrons. The molecule has 0 heterocycles. The van der Waals surface area contributed by atoms with Crippen LogP contribution in [0.4, 0.5) is 0 Å². The van der Waals surface area contributed by atoms with Crippen LogP contribution in [0, 0.1) is 0 Å². The minimum absolute atomic E-state index is 0.00947. The molecule has 0 spiro atoms. The minimum Gasteiger partial charge on any atom is -0.352 e. The highest BCUT2D eigenvalue weighted by Crippen LogP contribution is 2.08. The molecule has 0 aliphatic heterocycles. The van der Waals surface area contributed by atoms with Crippen LogP contribution in [-0.4, -0.2) is 34.0 Å². The first-order valence-corrected chi connectivity index (χ1v) is 8.78. The van der Waals surface area contributed by atoms with Crippen LogP contribution in [0.1, 0.15) is 31.9 Å². The molecule has 1 aromatic carbocycles. The molecule has 1 aromatic rings. The Morgan fingerprint density at radius 3 is 2.14 bits per heavy atom. The first-order chi connectivity index (χ1) is 10.1. The maximum Gasteiger partial charge on any atom is 0.215 e. The van der Waals surface area contributed by atoms with E-state index >= 15 is 0 Å². The highest BCUT2D eigenvalue weighted by molar-refractivity contribution is 7.88. The number of sulfonamides is 1. The predicted octanol–water partition coefficient (Wildman–Crippen LogP) is 1.20. The molecule has 22 heavy (non-hydrogen) atoms. The molecule has 0 aromatic heterocycles. The van der Waals surface area contributed by atoms with E-state index in [9.17, 15) is 8.42 Å². The van der Waals surface area contributed by atoms with Crippen LogP contribution in [0.25, 0.3) is 0 Å². The Kier molecular flexibility index (Phi) is 6.37. The van der Waals surface area contributed by atoms with E-state index in [0.29, 0.717) is 6.54 Å². The molecule has 3 N–H and O–H groups in total. The average molecular weight is 326 g/mol. The molecule has 0 amide bonds. The van der Waals surface area contributed by atoms with Crippen LogP contribution in [-0.2, 0) is 22.3 Å². The Balaban J connectivity index is 2.61. The molecule has 0 saturated heterocycles. The lowest BCUT2D eigenvalue weighted by molar-refractivity contribution is 0.501. The number of benzene rings is 1. The summed E-state index contributed by atoms with van der Waals surface area (Å²) in [6.07, 6.45) is 0. The van der Waals surface area contributed by atoms with Crippen molar-refractivity contribution in [1.82, 2.24) is 15.4 Å². The molecule has 0 unspecified atom stereocenters. The van der Waals surface area contributed by atoms with Gasteiger partial charge in [0.15, 0.2) is 5.96 Å². The summed E-state index contributed by atoms with van der Waals surface area (Å²) in [5.74, 6) is 0.721. The minimum atomic E-state index is -3.23. The lowest BCUT2D eigenvalue weighted by atomic mass is 10.1. The van der Waals surface area contributed by atoms with E-state index in [2.05, 4.69) is 41.1 Å². The summed E-state index contributed by atoms with van der Waals surface area (Å²) in [6.45, 7) is 6.82. The van der Waals surface area contributed by atoms with Gasteiger partial charge < -0.3 is 10.6 Å². The third-order valence-corrected chi connectivity index (χ3v) is 4.20. The van der Waals surface area contributed by atoms with Crippen LogP contribution in [0.3, 0.4) is 0 Å². The number of guanidine groups is 1. The summed E-state index contributed by atoms with van der Waals surface area (Å²) < 4.78 is 25.3. The molecule has 0 aliphatic carbocycles. The van der Waals surface area contributed by atoms with Gasteiger partial charge in [-0.15, -0.1) is 0 Å². The van der Waals surface area contributed by atoms with E-state index in [4.69, 9.17) is 0 Å². The fourth-order valence-corrected chi connectivity index (χ4v) is 2.54. The zero-order valence-corrected chi connectivity index (χ0v) is 14.7. The molecule has 6 nitrogen and oxygen atoms in total. The van der Waals surface area contributed by atoms with Gasteiger partial charge in [0.05, 0.1) is 5.75 Å². The summed E-state index contributed by atoms with van der Waals surface area (Å²) in [5, 5.41) is 6.51. The van der Waals surface area contributed by atoms with Crippen LogP contribution in [0.15, 0.2) is 29.3 Å². The Bertz CT molecular complexity index is 601. The van der Waals surface area contributed by atoms with E-state index < -0.39 is 10.0 Å². The van der Waals surface area contributed by atoms with Crippen molar-refractivity contribution in [2.24, 2.45) is 4.99 Å². The fourth-order valence-electron chi connectivity index (χ4n) is 1.77. The molecule has 0 fully saturated rings. The third-order valence-electron chi connectivity index (χ3n) is 2.87. The quantitative estimate of drug-likeness (QED) is 0.561. The molecule has 1 rings (SSSR count). The lowest BCUT2D eigenvalue weighted by Gasteiger charge is -2.23. The molecule has 0 bridgehead atoms. The Morgan fingerprint density at radius 1 is 1.14 bits per heavy atom. The number of aliphatic imine (C=N–C) groups is 1. The van der Waals surface area contributed by atoms with Gasteiger partial charge in [0.2, 0.25) is 10.0 Å². The lowest BCUT2D eigenvalue weighted by Crippen LogP contribution is -2.47. The van der Waals surface area contributed by atoms with E-state index in [1.807, 2.05) is 24.3 Å². The van der Waals surface area contributed by atoms with Gasteiger partial charge in [-0.3, -0.25) is 4.99 Å². The second-order valence-electron chi connectivity index (χ2n) is 6.08. The zero-order valence-electron chi connectivity index (χ0n) is 13.9. The van der Waals surface area contributed by atoms with Crippen molar-refractivity contribution in [2.75, 3.05) is 14.1 Å². The maximum atomic E-state index is 11.5. The van der Waals surface area contributed by atoms with Gasteiger partial charge in [0.1, 0.15) is 0 Å². The van der Waals surface area contributed by atoms with Crippen molar-refractivity contribution >= 4 is 16.0 Å². The van der Waals surface area contributed by atoms with Gasteiger partial charge >= 0.3 is 0 Å².